The molecule has 0 aromatic heterocycles. The molecule has 0 aliphatic rings. The third-order valence-corrected chi connectivity index (χ3v) is 4.68. The lowest BCUT2D eigenvalue weighted by molar-refractivity contribution is 0.0931. The summed E-state index contributed by atoms with van der Waals surface area (Å²) in [5.74, 6) is 0.203. The fourth-order valence-corrected chi connectivity index (χ4v) is 3.48. The van der Waals surface area contributed by atoms with Crippen LogP contribution < -0.4 is 10.0 Å². The maximum Gasteiger partial charge on any atom is 0.252 e. The lowest BCUT2D eigenvalue weighted by atomic mass is 9.96. The van der Waals surface area contributed by atoms with Crippen LogP contribution in [-0.2, 0) is 10.0 Å². The van der Waals surface area contributed by atoms with Crippen LogP contribution in [0.15, 0.2) is 48.5 Å². The zero-order valence-corrected chi connectivity index (χ0v) is 16.4. The molecule has 0 unspecified atom stereocenters. The van der Waals surface area contributed by atoms with Gasteiger partial charge >= 0.3 is 0 Å². The summed E-state index contributed by atoms with van der Waals surface area (Å²) in [6.45, 7) is 5.97. The monoisotopic (exact) mass is 374 g/mol. The average Bonchev–Trinajstić information content (AvgIpc) is 2.55. The van der Waals surface area contributed by atoms with Crippen molar-refractivity contribution in [1.82, 2.24) is 5.32 Å². The first-order valence-electron chi connectivity index (χ1n) is 8.60. The van der Waals surface area contributed by atoms with E-state index in [1.54, 1.807) is 25.1 Å². The Bertz CT molecular complexity index is 862. The van der Waals surface area contributed by atoms with E-state index in [1.165, 1.54) is 0 Å². The van der Waals surface area contributed by atoms with Gasteiger partial charge in [-0.1, -0.05) is 50.2 Å². The van der Waals surface area contributed by atoms with Crippen LogP contribution in [0.4, 0.5) is 5.69 Å². The molecule has 0 heterocycles. The smallest absolute Gasteiger partial charge is 0.252 e. The normalized spacial score (nSPS) is 12.7. The van der Waals surface area contributed by atoms with E-state index in [4.69, 9.17) is 0 Å². The number of sulfonamides is 1. The number of hydrogen-bond acceptors (Lipinski definition) is 3. The maximum atomic E-state index is 12.9. The Labute approximate surface area is 155 Å². The highest BCUT2D eigenvalue weighted by atomic mass is 32.2. The van der Waals surface area contributed by atoms with Gasteiger partial charge in [0.25, 0.3) is 5.91 Å². The van der Waals surface area contributed by atoms with E-state index in [2.05, 4.69) is 23.9 Å². The van der Waals surface area contributed by atoms with E-state index in [9.17, 15) is 13.2 Å². The van der Waals surface area contributed by atoms with Crippen LogP contribution in [-0.4, -0.2) is 20.6 Å². The zero-order chi connectivity index (χ0) is 19.3. The molecule has 0 radical (unpaired) electrons. The van der Waals surface area contributed by atoms with Crippen molar-refractivity contribution in [2.75, 3.05) is 11.0 Å². The number of amides is 1. The summed E-state index contributed by atoms with van der Waals surface area (Å²) < 4.78 is 25.5. The van der Waals surface area contributed by atoms with Gasteiger partial charge in [0.05, 0.1) is 18.0 Å². The summed E-state index contributed by atoms with van der Waals surface area (Å²) in [6.07, 6.45) is 1.91. The van der Waals surface area contributed by atoms with E-state index < -0.39 is 10.0 Å². The van der Waals surface area contributed by atoms with Gasteiger partial charge in [0.1, 0.15) is 0 Å². The molecule has 0 aliphatic carbocycles. The van der Waals surface area contributed by atoms with E-state index in [0.717, 1.165) is 18.2 Å². The van der Waals surface area contributed by atoms with Crippen molar-refractivity contribution in [1.29, 1.82) is 0 Å². The number of anilines is 1. The van der Waals surface area contributed by atoms with Crippen LogP contribution >= 0.6 is 0 Å². The number of benzene rings is 2. The van der Waals surface area contributed by atoms with Gasteiger partial charge in [-0.25, -0.2) is 8.42 Å². The number of carbonyl (C=O) groups is 1. The molecule has 2 aromatic carbocycles. The van der Waals surface area contributed by atoms with E-state index in [-0.39, 0.29) is 11.9 Å². The molecule has 0 bridgehead atoms. The third kappa shape index (κ3) is 5.59. The Hall–Kier alpha value is -2.34. The molecule has 0 spiro atoms. The molecule has 2 rings (SSSR count). The summed E-state index contributed by atoms with van der Waals surface area (Å²) in [5, 5.41) is 3.10. The second-order valence-corrected chi connectivity index (χ2v) is 8.67. The van der Waals surface area contributed by atoms with E-state index in [0.29, 0.717) is 22.7 Å². The SMILES string of the molecule is Cc1c(NS(C)(=O)=O)cccc1C(=O)N[C@@H](CC(C)C)c1ccccc1. The molecule has 0 aliphatic heterocycles. The molecule has 1 amide bonds. The molecule has 0 saturated heterocycles. The van der Waals surface area contributed by atoms with Gasteiger partial charge in [-0.05, 0) is 42.5 Å². The minimum Gasteiger partial charge on any atom is -0.345 e. The summed E-state index contributed by atoms with van der Waals surface area (Å²) >= 11 is 0. The van der Waals surface area contributed by atoms with Crippen LogP contribution in [0.2, 0.25) is 0 Å². The maximum absolute atomic E-state index is 12.9. The minimum atomic E-state index is -3.41. The van der Waals surface area contributed by atoms with Gasteiger partial charge in [-0.3, -0.25) is 9.52 Å². The Morgan fingerprint density at radius 3 is 2.27 bits per heavy atom. The lowest BCUT2D eigenvalue weighted by Gasteiger charge is -2.22. The summed E-state index contributed by atoms with van der Waals surface area (Å²) in [4.78, 5) is 12.9. The highest BCUT2D eigenvalue weighted by Gasteiger charge is 2.19. The molecular formula is C20H26N2O3S. The highest BCUT2D eigenvalue weighted by molar-refractivity contribution is 7.92. The zero-order valence-electron chi connectivity index (χ0n) is 15.6. The van der Waals surface area contributed by atoms with Crippen molar-refractivity contribution in [3.05, 3.63) is 65.2 Å². The molecular weight excluding hydrogens is 348 g/mol. The molecule has 6 heteroatoms. The molecule has 0 fully saturated rings. The molecule has 2 N–H and O–H groups in total. The Morgan fingerprint density at radius 2 is 1.69 bits per heavy atom. The van der Waals surface area contributed by atoms with Gasteiger partial charge in [0, 0.05) is 5.56 Å². The van der Waals surface area contributed by atoms with Crippen LogP contribution in [0.5, 0.6) is 0 Å². The Balaban J connectivity index is 2.28. The van der Waals surface area contributed by atoms with Crippen LogP contribution in [0, 0.1) is 12.8 Å². The van der Waals surface area contributed by atoms with Crippen LogP contribution in [0.1, 0.15) is 47.8 Å². The second-order valence-electron chi connectivity index (χ2n) is 6.92. The molecule has 26 heavy (non-hydrogen) atoms. The number of carbonyl (C=O) groups excluding carboxylic acids is 1. The topological polar surface area (TPSA) is 75.3 Å². The van der Waals surface area contributed by atoms with Crippen LogP contribution in [0.25, 0.3) is 0 Å². The third-order valence-electron chi connectivity index (χ3n) is 4.09. The first kappa shape index (κ1) is 20.0. The lowest BCUT2D eigenvalue weighted by Crippen LogP contribution is -2.30. The quantitative estimate of drug-likeness (QED) is 0.772. The first-order valence-corrected chi connectivity index (χ1v) is 10.5. The van der Waals surface area contributed by atoms with Gasteiger partial charge in [0.15, 0.2) is 0 Å². The number of hydrogen-bond donors (Lipinski definition) is 2. The van der Waals surface area contributed by atoms with Crippen LogP contribution in [0.3, 0.4) is 0 Å². The van der Waals surface area contributed by atoms with Crippen molar-refractivity contribution < 1.29 is 13.2 Å². The standard InChI is InChI=1S/C20H26N2O3S/c1-14(2)13-19(16-9-6-5-7-10-16)21-20(23)17-11-8-12-18(15(17)3)22-26(4,24)25/h5-12,14,19,22H,13H2,1-4H3,(H,21,23)/t19-/m0/s1. The van der Waals surface area contributed by atoms with Crippen molar-refractivity contribution in [3.63, 3.8) is 0 Å². The van der Waals surface area contributed by atoms with Gasteiger partial charge < -0.3 is 5.32 Å². The van der Waals surface area contributed by atoms with Crippen molar-refractivity contribution in [2.45, 2.75) is 33.2 Å². The Kier molecular flexibility index (Phi) is 6.42. The van der Waals surface area contributed by atoms with E-state index >= 15 is 0 Å². The summed E-state index contributed by atoms with van der Waals surface area (Å²) in [6, 6.07) is 14.8. The molecule has 5 nitrogen and oxygen atoms in total. The number of rotatable bonds is 7. The first-order chi connectivity index (χ1) is 12.2. The Morgan fingerprint density at radius 1 is 1.04 bits per heavy atom. The molecule has 1 atom stereocenters. The van der Waals surface area contributed by atoms with Crippen molar-refractivity contribution >= 4 is 21.6 Å². The fourth-order valence-electron chi connectivity index (χ4n) is 2.86. The van der Waals surface area contributed by atoms with Gasteiger partial charge in [-0.15, -0.1) is 0 Å². The van der Waals surface area contributed by atoms with Crippen molar-refractivity contribution in [2.24, 2.45) is 5.92 Å². The summed E-state index contributed by atoms with van der Waals surface area (Å²) in [7, 11) is -3.41. The predicted molar refractivity (Wildman–Crippen MR) is 106 cm³/mol. The minimum absolute atomic E-state index is 0.102. The highest BCUT2D eigenvalue weighted by Crippen LogP contribution is 2.24. The molecule has 140 valence electrons. The number of nitrogens with one attached hydrogen (secondary N) is 2. The molecule has 0 saturated carbocycles. The van der Waals surface area contributed by atoms with Gasteiger partial charge in [-0.2, -0.15) is 0 Å². The van der Waals surface area contributed by atoms with Crippen molar-refractivity contribution in [3.8, 4) is 0 Å². The summed E-state index contributed by atoms with van der Waals surface area (Å²) in [5.41, 5.74) is 2.54. The fraction of sp³-hybridized carbons (Fsp3) is 0.350. The second kappa shape index (κ2) is 8.36. The average molecular weight is 375 g/mol. The predicted octanol–water partition coefficient (Wildman–Crippen LogP) is 3.88. The van der Waals surface area contributed by atoms with Gasteiger partial charge in [0.2, 0.25) is 10.0 Å². The van der Waals surface area contributed by atoms with E-state index in [1.807, 2.05) is 30.3 Å². The molecule has 2 aromatic rings. The largest absolute Gasteiger partial charge is 0.345 e.